The zero-order valence-corrected chi connectivity index (χ0v) is 12.0. The fraction of sp³-hybridized carbons (Fsp3) is 0.250. The number of fused-ring (bicyclic) bond motifs is 1. The molecule has 1 N–H and O–H groups in total. The summed E-state index contributed by atoms with van der Waals surface area (Å²) in [5.41, 5.74) is 2.52. The molecule has 2 aromatic rings. The smallest absolute Gasteiger partial charge is 0.190 e. The molecule has 0 amide bonds. The molecule has 1 aliphatic rings. The number of allylic oxidation sites excluding steroid dienone is 1. The highest BCUT2D eigenvalue weighted by Gasteiger charge is 2.22. The Labute approximate surface area is 122 Å². The van der Waals surface area contributed by atoms with E-state index in [1.807, 2.05) is 25.1 Å². The lowest BCUT2D eigenvalue weighted by Crippen LogP contribution is -2.15. The molecule has 0 bridgehead atoms. The Kier molecular flexibility index (Phi) is 3.48. The summed E-state index contributed by atoms with van der Waals surface area (Å²) in [5, 5.41) is 6.84. The fourth-order valence-corrected chi connectivity index (χ4v) is 2.41. The van der Waals surface area contributed by atoms with E-state index in [0.717, 1.165) is 34.6 Å². The number of hydrogen-bond acceptors (Lipinski definition) is 5. The number of aromatic nitrogens is 1. The van der Waals surface area contributed by atoms with Crippen LogP contribution >= 0.6 is 0 Å². The number of benzene rings is 1. The summed E-state index contributed by atoms with van der Waals surface area (Å²) >= 11 is 0. The van der Waals surface area contributed by atoms with Gasteiger partial charge < -0.3 is 14.6 Å². The van der Waals surface area contributed by atoms with Crippen LogP contribution in [0.2, 0.25) is 0 Å². The molecule has 0 radical (unpaired) electrons. The monoisotopic (exact) mass is 284 g/mol. The number of methoxy groups -OCH3 is 1. The van der Waals surface area contributed by atoms with E-state index in [-0.39, 0.29) is 5.78 Å². The van der Waals surface area contributed by atoms with E-state index in [1.165, 1.54) is 0 Å². The lowest BCUT2D eigenvalue weighted by Gasteiger charge is -2.18. The number of carbonyl (C=O) groups excluding carboxylic acids is 1. The number of carbonyl (C=O) groups is 1. The Balaban J connectivity index is 1.81. The van der Waals surface area contributed by atoms with Crippen molar-refractivity contribution in [2.75, 3.05) is 12.4 Å². The third-order valence-electron chi connectivity index (χ3n) is 3.53. The Morgan fingerprint density at radius 1 is 1.33 bits per heavy atom. The van der Waals surface area contributed by atoms with Gasteiger partial charge in [0.25, 0.3) is 0 Å². The van der Waals surface area contributed by atoms with Crippen LogP contribution in [-0.2, 0) is 6.42 Å². The number of ether oxygens (including phenoxy) is 1. The summed E-state index contributed by atoms with van der Waals surface area (Å²) in [6, 6.07) is 7.35. The Bertz CT molecular complexity index is 716. The molecular formula is C16H16N2O3. The molecule has 0 spiro atoms. The van der Waals surface area contributed by atoms with Crippen LogP contribution in [0.1, 0.15) is 28.1 Å². The van der Waals surface area contributed by atoms with Crippen LogP contribution in [0.5, 0.6) is 5.75 Å². The first-order valence-electron chi connectivity index (χ1n) is 6.78. The molecule has 3 rings (SSSR count). The largest absolute Gasteiger partial charge is 0.497 e. The van der Waals surface area contributed by atoms with Crippen molar-refractivity contribution in [1.29, 1.82) is 0 Å². The molecule has 1 aromatic carbocycles. The van der Waals surface area contributed by atoms with Gasteiger partial charge in [0.2, 0.25) is 0 Å². The van der Waals surface area contributed by atoms with Crippen molar-refractivity contribution < 1.29 is 14.1 Å². The number of rotatable bonds is 3. The maximum atomic E-state index is 12.4. The van der Waals surface area contributed by atoms with E-state index >= 15 is 0 Å². The first kappa shape index (κ1) is 13.4. The minimum atomic E-state index is 0.0478. The molecule has 0 saturated heterocycles. The summed E-state index contributed by atoms with van der Waals surface area (Å²) in [7, 11) is 1.63. The van der Waals surface area contributed by atoms with Gasteiger partial charge in [0.05, 0.1) is 7.11 Å². The first-order chi connectivity index (χ1) is 10.2. The van der Waals surface area contributed by atoms with Gasteiger partial charge in [-0.2, -0.15) is 0 Å². The van der Waals surface area contributed by atoms with Crippen LogP contribution in [-0.4, -0.2) is 18.0 Å². The van der Waals surface area contributed by atoms with Gasteiger partial charge >= 0.3 is 0 Å². The zero-order chi connectivity index (χ0) is 14.8. The second kappa shape index (κ2) is 5.44. The normalized spacial score (nSPS) is 15.9. The van der Waals surface area contributed by atoms with Gasteiger partial charge in [-0.1, -0.05) is 5.16 Å². The first-order valence-corrected chi connectivity index (χ1v) is 6.78. The SMILES string of the molecule is COc1ccc2c(c1)CC/C(=C\Nc1cc(C)on1)C2=O. The minimum Gasteiger partial charge on any atom is -0.497 e. The average molecular weight is 284 g/mol. The molecule has 108 valence electrons. The predicted molar refractivity (Wildman–Crippen MR) is 78.6 cm³/mol. The molecule has 1 heterocycles. The molecule has 21 heavy (non-hydrogen) atoms. The van der Waals surface area contributed by atoms with E-state index in [0.29, 0.717) is 12.2 Å². The molecule has 1 aliphatic carbocycles. The van der Waals surface area contributed by atoms with Crippen molar-refractivity contribution >= 4 is 11.6 Å². The minimum absolute atomic E-state index is 0.0478. The average Bonchev–Trinajstić information content (AvgIpc) is 2.92. The van der Waals surface area contributed by atoms with Crippen molar-refractivity contribution in [3.63, 3.8) is 0 Å². The van der Waals surface area contributed by atoms with E-state index < -0.39 is 0 Å². The maximum Gasteiger partial charge on any atom is 0.190 e. The summed E-state index contributed by atoms with van der Waals surface area (Å²) in [4.78, 5) is 12.4. The van der Waals surface area contributed by atoms with E-state index in [1.54, 1.807) is 19.4 Å². The predicted octanol–water partition coefficient (Wildman–Crippen LogP) is 3.12. The highest BCUT2D eigenvalue weighted by molar-refractivity contribution is 6.10. The zero-order valence-electron chi connectivity index (χ0n) is 12.0. The lowest BCUT2D eigenvalue weighted by molar-refractivity contribution is 0.102. The van der Waals surface area contributed by atoms with Gasteiger partial charge in [-0.05, 0) is 43.5 Å². The van der Waals surface area contributed by atoms with E-state index in [2.05, 4.69) is 10.5 Å². The van der Waals surface area contributed by atoms with Gasteiger partial charge in [0, 0.05) is 23.4 Å². The van der Waals surface area contributed by atoms with Crippen LogP contribution < -0.4 is 10.1 Å². The quantitative estimate of drug-likeness (QED) is 0.877. The third kappa shape index (κ3) is 2.67. The van der Waals surface area contributed by atoms with Crippen molar-refractivity contribution in [2.24, 2.45) is 0 Å². The van der Waals surface area contributed by atoms with Gasteiger partial charge in [-0.3, -0.25) is 4.79 Å². The molecule has 5 heteroatoms. The number of nitrogens with zero attached hydrogens (tertiary/aromatic N) is 1. The molecule has 0 saturated carbocycles. The molecule has 0 fully saturated rings. The highest BCUT2D eigenvalue weighted by atomic mass is 16.5. The summed E-state index contributed by atoms with van der Waals surface area (Å²) < 4.78 is 10.2. The lowest BCUT2D eigenvalue weighted by atomic mass is 9.87. The number of hydrogen-bond donors (Lipinski definition) is 1. The van der Waals surface area contributed by atoms with Crippen molar-refractivity contribution in [2.45, 2.75) is 19.8 Å². The van der Waals surface area contributed by atoms with Gasteiger partial charge in [-0.25, -0.2) is 0 Å². The van der Waals surface area contributed by atoms with Crippen LogP contribution in [0, 0.1) is 6.92 Å². The third-order valence-corrected chi connectivity index (χ3v) is 3.53. The standard InChI is InChI=1S/C16H16N2O3/c1-10-7-15(18-21-10)17-9-12-4-3-11-8-13(20-2)5-6-14(11)16(12)19/h5-9H,3-4H2,1-2H3,(H,17,18)/b12-9+. The number of ketones is 1. The van der Waals surface area contributed by atoms with Crippen LogP contribution in [0.25, 0.3) is 0 Å². The molecule has 0 aliphatic heterocycles. The van der Waals surface area contributed by atoms with Crippen LogP contribution in [0.3, 0.4) is 0 Å². The van der Waals surface area contributed by atoms with Crippen molar-refractivity contribution in [3.05, 3.63) is 52.9 Å². The van der Waals surface area contributed by atoms with E-state index in [4.69, 9.17) is 9.26 Å². The number of nitrogens with one attached hydrogen (secondary N) is 1. The van der Waals surface area contributed by atoms with Crippen LogP contribution in [0.4, 0.5) is 5.82 Å². The second-order valence-corrected chi connectivity index (χ2v) is 4.99. The van der Waals surface area contributed by atoms with Crippen molar-refractivity contribution in [3.8, 4) is 5.75 Å². The Morgan fingerprint density at radius 2 is 2.19 bits per heavy atom. The summed E-state index contributed by atoms with van der Waals surface area (Å²) in [6.45, 7) is 1.82. The Hall–Kier alpha value is -2.56. The molecular weight excluding hydrogens is 268 g/mol. The number of anilines is 1. The van der Waals surface area contributed by atoms with Crippen molar-refractivity contribution in [1.82, 2.24) is 5.16 Å². The van der Waals surface area contributed by atoms with Gasteiger partial charge in [0.15, 0.2) is 11.6 Å². The fourth-order valence-electron chi connectivity index (χ4n) is 2.41. The molecule has 5 nitrogen and oxygen atoms in total. The summed E-state index contributed by atoms with van der Waals surface area (Å²) in [5.74, 6) is 2.16. The maximum absolute atomic E-state index is 12.4. The van der Waals surface area contributed by atoms with E-state index in [9.17, 15) is 4.79 Å². The summed E-state index contributed by atoms with van der Waals surface area (Å²) in [6.07, 6.45) is 3.24. The van der Waals surface area contributed by atoms with Crippen LogP contribution in [0.15, 0.2) is 40.6 Å². The Morgan fingerprint density at radius 3 is 2.90 bits per heavy atom. The number of aryl methyl sites for hydroxylation is 2. The van der Waals surface area contributed by atoms with Gasteiger partial charge in [0.1, 0.15) is 11.5 Å². The number of Topliss-reactive ketones (excluding diaryl/α,β-unsaturated/α-hetero) is 1. The molecule has 1 aromatic heterocycles. The molecule has 0 atom stereocenters. The highest BCUT2D eigenvalue weighted by Crippen LogP contribution is 2.28. The second-order valence-electron chi connectivity index (χ2n) is 4.99. The molecule has 0 unspecified atom stereocenters. The van der Waals surface area contributed by atoms with Gasteiger partial charge in [-0.15, -0.1) is 0 Å². The topological polar surface area (TPSA) is 64.4 Å².